The highest BCUT2D eigenvalue weighted by atomic mass is 16.4. The van der Waals surface area contributed by atoms with Crippen molar-refractivity contribution >= 4 is 11.9 Å². The molecule has 1 aromatic heterocycles. The maximum atomic E-state index is 11.0. The highest BCUT2D eigenvalue weighted by Crippen LogP contribution is 2.26. The SMILES string of the molecule is CC(C(=O)O)n1nnc(C(=O)O)c1C(C)(C)C. The standard InChI is InChI=1S/C10H15N3O4/c1-5(8(14)15)13-7(10(2,3)4)6(9(16)17)11-12-13/h5H,1-4H3,(H,14,15)(H,16,17). The number of carboxylic acid groups (broad SMARTS) is 2. The molecule has 0 radical (unpaired) electrons. The molecular weight excluding hydrogens is 226 g/mol. The molecule has 1 rings (SSSR count). The summed E-state index contributed by atoms with van der Waals surface area (Å²) < 4.78 is 1.14. The van der Waals surface area contributed by atoms with Crippen molar-refractivity contribution in [3.8, 4) is 0 Å². The fourth-order valence-corrected chi connectivity index (χ4v) is 1.51. The molecule has 0 spiro atoms. The Morgan fingerprint density at radius 3 is 2.18 bits per heavy atom. The van der Waals surface area contributed by atoms with Gasteiger partial charge in [-0.2, -0.15) is 0 Å². The molecule has 7 nitrogen and oxygen atoms in total. The fourth-order valence-electron chi connectivity index (χ4n) is 1.51. The van der Waals surface area contributed by atoms with Gasteiger partial charge in [-0.1, -0.05) is 26.0 Å². The number of aromatic carboxylic acids is 1. The topological polar surface area (TPSA) is 105 Å². The summed E-state index contributed by atoms with van der Waals surface area (Å²) in [6.45, 7) is 6.77. The quantitative estimate of drug-likeness (QED) is 0.815. The van der Waals surface area contributed by atoms with E-state index in [0.29, 0.717) is 5.69 Å². The molecule has 0 bridgehead atoms. The van der Waals surface area contributed by atoms with Crippen molar-refractivity contribution in [1.82, 2.24) is 15.0 Å². The van der Waals surface area contributed by atoms with Crippen molar-refractivity contribution in [2.24, 2.45) is 0 Å². The van der Waals surface area contributed by atoms with Gasteiger partial charge in [-0.3, -0.25) is 0 Å². The number of carbonyl (C=O) groups is 2. The normalized spacial score (nSPS) is 13.4. The molecule has 1 aromatic rings. The van der Waals surface area contributed by atoms with E-state index in [4.69, 9.17) is 10.2 Å². The van der Waals surface area contributed by atoms with E-state index in [1.54, 1.807) is 20.8 Å². The minimum absolute atomic E-state index is 0.203. The monoisotopic (exact) mass is 241 g/mol. The van der Waals surface area contributed by atoms with Crippen LogP contribution in [0.15, 0.2) is 0 Å². The predicted octanol–water partition coefficient (Wildman–Crippen LogP) is 0.919. The molecule has 7 heteroatoms. The molecule has 2 N–H and O–H groups in total. The van der Waals surface area contributed by atoms with E-state index in [2.05, 4.69) is 10.3 Å². The third-order valence-electron chi connectivity index (χ3n) is 2.33. The minimum Gasteiger partial charge on any atom is -0.480 e. The molecular formula is C10H15N3O4. The van der Waals surface area contributed by atoms with Crippen LogP contribution in [-0.2, 0) is 10.2 Å². The van der Waals surface area contributed by atoms with E-state index >= 15 is 0 Å². The number of aromatic nitrogens is 3. The van der Waals surface area contributed by atoms with Crippen molar-refractivity contribution in [3.05, 3.63) is 11.4 Å². The van der Waals surface area contributed by atoms with Crippen LogP contribution in [0.3, 0.4) is 0 Å². The Labute approximate surface area is 98.1 Å². The second-order valence-corrected chi connectivity index (χ2v) is 4.80. The lowest BCUT2D eigenvalue weighted by Gasteiger charge is -2.21. The first kappa shape index (κ1) is 13.1. The lowest BCUT2D eigenvalue weighted by Crippen LogP contribution is -2.26. The third kappa shape index (κ3) is 2.43. The Morgan fingerprint density at radius 1 is 1.29 bits per heavy atom. The lowest BCUT2D eigenvalue weighted by atomic mass is 9.90. The maximum Gasteiger partial charge on any atom is 0.358 e. The van der Waals surface area contributed by atoms with Crippen molar-refractivity contribution in [3.63, 3.8) is 0 Å². The van der Waals surface area contributed by atoms with Gasteiger partial charge in [0.15, 0.2) is 5.69 Å². The number of carboxylic acids is 2. The molecule has 1 heterocycles. The molecule has 1 atom stereocenters. The molecule has 0 amide bonds. The summed E-state index contributed by atoms with van der Waals surface area (Å²) in [7, 11) is 0. The van der Waals surface area contributed by atoms with Gasteiger partial charge in [-0.05, 0) is 6.92 Å². The van der Waals surface area contributed by atoms with Crippen molar-refractivity contribution < 1.29 is 19.8 Å². The van der Waals surface area contributed by atoms with Gasteiger partial charge in [-0.15, -0.1) is 5.10 Å². The van der Waals surface area contributed by atoms with Crippen molar-refractivity contribution in [2.75, 3.05) is 0 Å². The zero-order valence-corrected chi connectivity index (χ0v) is 10.1. The summed E-state index contributed by atoms with van der Waals surface area (Å²) in [5.74, 6) is -2.30. The van der Waals surface area contributed by atoms with Gasteiger partial charge in [0.2, 0.25) is 0 Å². The molecule has 1 unspecified atom stereocenters. The van der Waals surface area contributed by atoms with Gasteiger partial charge >= 0.3 is 11.9 Å². The average molecular weight is 241 g/mol. The number of hydrogen-bond acceptors (Lipinski definition) is 4. The van der Waals surface area contributed by atoms with Crippen LogP contribution in [0.25, 0.3) is 0 Å². The second-order valence-electron chi connectivity index (χ2n) is 4.80. The molecule has 0 saturated heterocycles. The largest absolute Gasteiger partial charge is 0.480 e. The highest BCUT2D eigenvalue weighted by Gasteiger charge is 2.32. The maximum absolute atomic E-state index is 11.0. The molecule has 0 aliphatic heterocycles. The summed E-state index contributed by atoms with van der Waals surface area (Å²) in [5.41, 5.74) is -0.452. The van der Waals surface area contributed by atoms with Crippen LogP contribution in [0.1, 0.15) is 49.9 Å². The first-order valence-electron chi connectivity index (χ1n) is 5.08. The summed E-state index contributed by atoms with van der Waals surface area (Å²) in [6, 6.07) is -0.954. The Kier molecular flexibility index (Phi) is 3.21. The van der Waals surface area contributed by atoms with Crippen LogP contribution in [0.4, 0.5) is 0 Å². The molecule has 0 aliphatic rings. The van der Waals surface area contributed by atoms with E-state index in [9.17, 15) is 9.59 Å². The Hall–Kier alpha value is -1.92. The Balaban J connectivity index is 3.43. The zero-order chi connectivity index (χ0) is 13.4. The van der Waals surface area contributed by atoms with Gasteiger partial charge in [0.25, 0.3) is 0 Å². The fraction of sp³-hybridized carbons (Fsp3) is 0.600. The summed E-state index contributed by atoms with van der Waals surface area (Å²) in [4.78, 5) is 21.9. The van der Waals surface area contributed by atoms with Crippen LogP contribution in [0.5, 0.6) is 0 Å². The van der Waals surface area contributed by atoms with Gasteiger partial charge in [0.05, 0.1) is 5.69 Å². The molecule has 0 aliphatic carbocycles. The number of nitrogens with zero attached hydrogens (tertiary/aromatic N) is 3. The van der Waals surface area contributed by atoms with Crippen LogP contribution in [-0.4, -0.2) is 37.1 Å². The third-order valence-corrected chi connectivity index (χ3v) is 2.33. The molecule has 94 valence electrons. The van der Waals surface area contributed by atoms with E-state index in [0.717, 1.165) is 4.68 Å². The van der Waals surface area contributed by atoms with Crippen LogP contribution >= 0.6 is 0 Å². The Morgan fingerprint density at radius 2 is 1.82 bits per heavy atom. The highest BCUT2D eigenvalue weighted by molar-refractivity contribution is 5.87. The molecule has 0 aromatic carbocycles. The zero-order valence-electron chi connectivity index (χ0n) is 10.1. The van der Waals surface area contributed by atoms with Gasteiger partial charge < -0.3 is 10.2 Å². The summed E-state index contributed by atoms with van der Waals surface area (Å²) in [6.07, 6.45) is 0. The Bertz CT molecular complexity index is 459. The molecule has 17 heavy (non-hydrogen) atoms. The van der Waals surface area contributed by atoms with E-state index < -0.39 is 23.4 Å². The summed E-state index contributed by atoms with van der Waals surface area (Å²) >= 11 is 0. The number of hydrogen-bond donors (Lipinski definition) is 2. The van der Waals surface area contributed by atoms with Gasteiger partial charge in [0, 0.05) is 5.41 Å². The number of aliphatic carboxylic acids is 1. The smallest absolute Gasteiger partial charge is 0.358 e. The van der Waals surface area contributed by atoms with E-state index in [1.165, 1.54) is 6.92 Å². The predicted molar refractivity (Wildman–Crippen MR) is 58.0 cm³/mol. The van der Waals surface area contributed by atoms with Crippen molar-refractivity contribution in [2.45, 2.75) is 39.2 Å². The lowest BCUT2D eigenvalue weighted by molar-refractivity contribution is -0.140. The average Bonchev–Trinajstić information content (AvgIpc) is 2.59. The van der Waals surface area contributed by atoms with E-state index in [1.807, 2.05) is 0 Å². The van der Waals surface area contributed by atoms with Gasteiger partial charge in [0.1, 0.15) is 6.04 Å². The molecule has 0 fully saturated rings. The van der Waals surface area contributed by atoms with Crippen molar-refractivity contribution in [1.29, 1.82) is 0 Å². The van der Waals surface area contributed by atoms with Crippen LogP contribution in [0.2, 0.25) is 0 Å². The van der Waals surface area contributed by atoms with Gasteiger partial charge in [-0.25, -0.2) is 14.3 Å². The number of rotatable bonds is 3. The summed E-state index contributed by atoms with van der Waals surface area (Å²) in [5, 5.41) is 25.1. The van der Waals surface area contributed by atoms with Crippen LogP contribution in [0, 0.1) is 0 Å². The first-order valence-corrected chi connectivity index (χ1v) is 5.08. The van der Waals surface area contributed by atoms with Crippen LogP contribution < -0.4 is 0 Å². The molecule has 0 saturated carbocycles. The second kappa shape index (κ2) is 4.15. The minimum atomic E-state index is -1.21. The first-order chi connectivity index (χ1) is 7.66. The van der Waals surface area contributed by atoms with E-state index in [-0.39, 0.29) is 5.69 Å².